The van der Waals surface area contributed by atoms with E-state index in [4.69, 9.17) is 11.6 Å². The minimum absolute atomic E-state index is 0.198. The minimum atomic E-state index is 0.198. The van der Waals surface area contributed by atoms with Crippen molar-refractivity contribution in [3.8, 4) is 0 Å². The molecular formula is C10H18ClNS. The molecule has 13 heavy (non-hydrogen) atoms. The van der Waals surface area contributed by atoms with Gasteiger partial charge in [-0.1, -0.05) is 6.42 Å². The summed E-state index contributed by atoms with van der Waals surface area (Å²) in [6.45, 7) is 6.52. The molecule has 0 aliphatic heterocycles. The Kier molecular flexibility index (Phi) is 4.11. The molecular weight excluding hydrogens is 202 g/mol. The van der Waals surface area contributed by atoms with Gasteiger partial charge in [-0.3, -0.25) is 0 Å². The van der Waals surface area contributed by atoms with Crippen molar-refractivity contribution in [2.45, 2.75) is 56.6 Å². The molecule has 0 saturated heterocycles. The molecule has 1 rings (SSSR count). The maximum Gasteiger partial charge on any atom is 0.0725 e. The summed E-state index contributed by atoms with van der Waals surface area (Å²) in [5, 5.41) is 0.198. The number of nitrogens with zero attached hydrogens (tertiary/aromatic N) is 1. The van der Waals surface area contributed by atoms with E-state index in [0.29, 0.717) is 0 Å². The van der Waals surface area contributed by atoms with Crippen LogP contribution in [-0.2, 0) is 0 Å². The van der Waals surface area contributed by atoms with Crippen LogP contribution in [0.25, 0.3) is 0 Å². The number of hydrogen-bond acceptors (Lipinski definition) is 2. The smallest absolute Gasteiger partial charge is 0.0725 e. The summed E-state index contributed by atoms with van der Waals surface area (Å²) in [4.78, 5) is 0. The van der Waals surface area contributed by atoms with E-state index in [1.807, 2.05) is 0 Å². The SMILES string of the molecule is CC(C)(C)S/N=C1\CCCCC1Cl. The van der Waals surface area contributed by atoms with E-state index >= 15 is 0 Å². The molecule has 0 spiro atoms. The zero-order chi connectivity index (χ0) is 9.90. The Labute approximate surface area is 90.5 Å². The fraction of sp³-hybridized carbons (Fsp3) is 0.900. The van der Waals surface area contributed by atoms with Gasteiger partial charge in [0.15, 0.2) is 0 Å². The lowest BCUT2D eigenvalue weighted by Crippen LogP contribution is -2.19. The highest BCUT2D eigenvalue weighted by molar-refractivity contribution is 7.99. The largest absolute Gasteiger partial charge is 0.223 e. The molecule has 0 amide bonds. The molecule has 0 aromatic rings. The summed E-state index contributed by atoms with van der Waals surface area (Å²) in [5.41, 5.74) is 1.20. The third-order valence-corrected chi connectivity index (χ3v) is 3.28. The molecule has 0 aromatic carbocycles. The van der Waals surface area contributed by atoms with Crippen molar-refractivity contribution in [3.63, 3.8) is 0 Å². The van der Waals surface area contributed by atoms with E-state index < -0.39 is 0 Å². The van der Waals surface area contributed by atoms with Crippen molar-refractivity contribution in [2.24, 2.45) is 4.40 Å². The standard InChI is InChI=1S/C10H18ClNS/c1-10(2,3)13-12-9-7-5-4-6-8(9)11/h8H,4-7H2,1-3H3/b12-9+. The van der Waals surface area contributed by atoms with Crippen LogP contribution >= 0.6 is 23.5 Å². The van der Waals surface area contributed by atoms with Gasteiger partial charge in [-0.15, -0.1) is 11.6 Å². The Bertz CT molecular complexity index is 196. The first-order valence-electron chi connectivity index (χ1n) is 4.88. The molecule has 1 atom stereocenters. The average molecular weight is 220 g/mol. The molecule has 76 valence electrons. The predicted octanol–water partition coefficient (Wildman–Crippen LogP) is 4.06. The van der Waals surface area contributed by atoms with Gasteiger partial charge in [0, 0.05) is 10.5 Å². The maximum atomic E-state index is 6.17. The monoisotopic (exact) mass is 219 g/mol. The number of alkyl halides is 1. The first-order chi connectivity index (χ1) is 5.99. The van der Waals surface area contributed by atoms with E-state index in [9.17, 15) is 0 Å². The molecule has 1 nitrogen and oxygen atoms in total. The zero-order valence-electron chi connectivity index (χ0n) is 8.64. The van der Waals surface area contributed by atoms with Crippen molar-refractivity contribution in [2.75, 3.05) is 0 Å². The molecule has 0 bridgehead atoms. The highest BCUT2D eigenvalue weighted by Gasteiger charge is 2.19. The van der Waals surface area contributed by atoms with Gasteiger partial charge in [-0.05, 0) is 52.0 Å². The lowest BCUT2D eigenvalue weighted by Gasteiger charge is -2.20. The second-order valence-corrected chi connectivity index (χ2v) is 6.62. The van der Waals surface area contributed by atoms with Crippen LogP contribution in [0.2, 0.25) is 0 Å². The molecule has 1 unspecified atom stereocenters. The first kappa shape index (κ1) is 11.4. The normalized spacial score (nSPS) is 28.0. The quantitative estimate of drug-likeness (QED) is 0.479. The van der Waals surface area contributed by atoms with Gasteiger partial charge in [-0.25, -0.2) is 4.40 Å². The summed E-state index contributed by atoms with van der Waals surface area (Å²) in [6, 6.07) is 0. The topological polar surface area (TPSA) is 12.4 Å². The highest BCUT2D eigenvalue weighted by atomic mass is 35.5. The lowest BCUT2D eigenvalue weighted by molar-refractivity contribution is 0.672. The molecule has 1 aliphatic rings. The zero-order valence-corrected chi connectivity index (χ0v) is 10.2. The van der Waals surface area contributed by atoms with Crippen LogP contribution in [-0.4, -0.2) is 15.8 Å². The van der Waals surface area contributed by atoms with Gasteiger partial charge < -0.3 is 0 Å². The summed E-state index contributed by atoms with van der Waals surface area (Å²) >= 11 is 7.81. The Morgan fingerprint density at radius 3 is 2.62 bits per heavy atom. The second kappa shape index (κ2) is 4.70. The van der Waals surface area contributed by atoms with Crippen LogP contribution in [0, 0.1) is 0 Å². The molecule has 1 fully saturated rings. The number of halogens is 1. The number of hydrogen-bond donors (Lipinski definition) is 0. The predicted molar refractivity (Wildman–Crippen MR) is 62.9 cm³/mol. The van der Waals surface area contributed by atoms with Gasteiger partial charge in [0.1, 0.15) is 0 Å². The molecule has 1 aliphatic carbocycles. The Balaban J connectivity index is 2.49. The van der Waals surface area contributed by atoms with Crippen LogP contribution in [0.1, 0.15) is 46.5 Å². The summed E-state index contributed by atoms with van der Waals surface area (Å²) < 4.78 is 4.75. The van der Waals surface area contributed by atoms with E-state index in [1.165, 1.54) is 18.6 Å². The second-order valence-electron chi connectivity index (χ2n) is 4.50. The number of rotatable bonds is 1. The van der Waals surface area contributed by atoms with E-state index in [0.717, 1.165) is 12.8 Å². The molecule has 0 aromatic heterocycles. The van der Waals surface area contributed by atoms with Gasteiger partial charge in [0.05, 0.1) is 5.38 Å². The molecule has 0 radical (unpaired) electrons. The van der Waals surface area contributed by atoms with Gasteiger partial charge in [0.2, 0.25) is 0 Å². The molecule has 0 N–H and O–H groups in total. The van der Waals surface area contributed by atoms with Crippen LogP contribution in [0.15, 0.2) is 4.40 Å². The van der Waals surface area contributed by atoms with E-state index in [2.05, 4.69) is 25.2 Å². The molecule has 0 heterocycles. The van der Waals surface area contributed by atoms with E-state index in [-0.39, 0.29) is 10.1 Å². The van der Waals surface area contributed by atoms with Crippen LogP contribution in [0.4, 0.5) is 0 Å². The van der Waals surface area contributed by atoms with Crippen molar-refractivity contribution < 1.29 is 0 Å². The third kappa shape index (κ3) is 4.37. The third-order valence-electron chi connectivity index (χ3n) is 1.94. The fourth-order valence-electron chi connectivity index (χ4n) is 1.25. The Morgan fingerprint density at radius 1 is 1.38 bits per heavy atom. The first-order valence-corrected chi connectivity index (χ1v) is 6.09. The van der Waals surface area contributed by atoms with Crippen molar-refractivity contribution in [1.82, 2.24) is 0 Å². The van der Waals surface area contributed by atoms with Crippen molar-refractivity contribution in [3.05, 3.63) is 0 Å². The molecule has 1 saturated carbocycles. The van der Waals surface area contributed by atoms with Gasteiger partial charge in [0.25, 0.3) is 0 Å². The van der Waals surface area contributed by atoms with Crippen LogP contribution in [0.3, 0.4) is 0 Å². The summed E-state index contributed by atoms with van der Waals surface area (Å²) in [7, 11) is 0. The molecule has 3 heteroatoms. The lowest BCUT2D eigenvalue weighted by atomic mass is 9.98. The fourth-order valence-corrected chi connectivity index (χ4v) is 2.23. The van der Waals surface area contributed by atoms with Crippen molar-refractivity contribution in [1.29, 1.82) is 0 Å². The van der Waals surface area contributed by atoms with Gasteiger partial charge >= 0.3 is 0 Å². The van der Waals surface area contributed by atoms with Crippen LogP contribution < -0.4 is 0 Å². The maximum absolute atomic E-state index is 6.17. The minimum Gasteiger partial charge on any atom is -0.223 e. The average Bonchev–Trinajstić information content (AvgIpc) is 2.01. The summed E-state index contributed by atoms with van der Waals surface area (Å²) in [5.74, 6) is 0. The van der Waals surface area contributed by atoms with E-state index in [1.54, 1.807) is 11.9 Å². The Hall–Kier alpha value is 0.310. The highest BCUT2D eigenvalue weighted by Crippen LogP contribution is 2.28. The van der Waals surface area contributed by atoms with Crippen LogP contribution in [0.5, 0.6) is 0 Å². The Morgan fingerprint density at radius 2 is 2.08 bits per heavy atom. The van der Waals surface area contributed by atoms with Crippen molar-refractivity contribution >= 4 is 29.3 Å². The van der Waals surface area contributed by atoms with Gasteiger partial charge in [-0.2, -0.15) is 0 Å². The summed E-state index contributed by atoms with van der Waals surface area (Å²) in [6.07, 6.45) is 4.71.